The molecule has 1 aromatic heterocycles. The summed E-state index contributed by atoms with van der Waals surface area (Å²) >= 11 is 0. The minimum Gasteiger partial charge on any atom is -0.481 e. The van der Waals surface area contributed by atoms with Gasteiger partial charge in [0.05, 0.1) is 6.42 Å². The first kappa shape index (κ1) is 14.8. The van der Waals surface area contributed by atoms with Crippen LogP contribution in [-0.2, 0) is 17.6 Å². The van der Waals surface area contributed by atoms with Crippen LogP contribution in [-0.4, -0.2) is 17.0 Å². The van der Waals surface area contributed by atoms with Crippen LogP contribution in [0.25, 0.3) is 0 Å². The predicted octanol–water partition coefficient (Wildman–Crippen LogP) is 3.03. The number of aryl methyl sites for hydroxylation is 2. The molecule has 5 heteroatoms. The zero-order valence-corrected chi connectivity index (χ0v) is 12.0. The molecule has 0 aliphatic heterocycles. The van der Waals surface area contributed by atoms with Crippen molar-refractivity contribution in [3.63, 3.8) is 0 Å². The van der Waals surface area contributed by atoms with Crippen LogP contribution >= 0.6 is 0 Å². The summed E-state index contributed by atoms with van der Waals surface area (Å²) in [7, 11) is 0. The van der Waals surface area contributed by atoms with Gasteiger partial charge in [-0.1, -0.05) is 25.1 Å². The van der Waals surface area contributed by atoms with Crippen LogP contribution in [0.15, 0.2) is 34.7 Å². The second-order valence-electron chi connectivity index (χ2n) is 4.75. The molecule has 0 radical (unpaired) electrons. The lowest BCUT2D eigenvalue weighted by Gasteiger charge is -2.08. The molecule has 0 unspecified atom stereocenters. The summed E-state index contributed by atoms with van der Waals surface area (Å²) in [6, 6.07) is 8.52. The number of hydrogen-bond acceptors (Lipinski definition) is 3. The Morgan fingerprint density at radius 2 is 2.00 bits per heavy atom. The van der Waals surface area contributed by atoms with Crippen molar-refractivity contribution < 1.29 is 19.1 Å². The molecule has 0 aliphatic carbocycles. The van der Waals surface area contributed by atoms with Crippen molar-refractivity contribution in [3.05, 3.63) is 53.0 Å². The summed E-state index contributed by atoms with van der Waals surface area (Å²) in [5, 5.41) is 11.6. The van der Waals surface area contributed by atoms with Gasteiger partial charge in [-0.25, -0.2) is 0 Å². The Bertz CT molecular complexity index is 673. The van der Waals surface area contributed by atoms with Gasteiger partial charge in [0, 0.05) is 12.1 Å². The summed E-state index contributed by atoms with van der Waals surface area (Å²) in [5.74, 6) is -0.317. The first-order valence-corrected chi connectivity index (χ1v) is 6.71. The Morgan fingerprint density at radius 3 is 2.62 bits per heavy atom. The van der Waals surface area contributed by atoms with Crippen LogP contribution in [0.2, 0.25) is 0 Å². The molecule has 21 heavy (non-hydrogen) atoms. The van der Waals surface area contributed by atoms with Crippen molar-refractivity contribution in [2.75, 3.05) is 5.32 Å². The maximum absolute atomic E-state index is 12.2. The van der Waals surface area contributed by atoms with Gasteiger partial charge in [-0.05, 0) is 30.2 Å². The molecule has 5 nitrogen and oxygen atoms in total. The fourth-order valence-electron chi connectivity index (χ4n) is 2.13. The number of rotatable bonds is 5. The van der Waals surface area contributed by atoms with Gasteiger partial charge in [0.1, 0.15) is 5.76 Å². The Kier molecular flexibility index (Phi) is 4.42. The van der Waals surface area contributed by atoms with Crippen LogP contribution in [0.1, 0.15) is 34.4 Å². The first-order chi connectivity index (χ1) is 10.0. The molecule has 1 amide bonds. The number of hydrogen-bond donors (Lipinski definition) is 2. The Morgan fingerprint density at radius 1 is 1.29 bits per heavy atom. The van der Waals surface area contributed by atoms with Gasteiger partial charge in [0.2, 0.25) is 0 Å². The quantitative estimate of drug-likeness (QED) is 0.885. The third-order valence-corrected chi connectivity index (χ3v) is 3.17. The van der Waals surface area contributed by atoms with Gasteiger partial charge >= 0.3 is 5.97 Å². The van der Waals surface area contributed by atoms with Gasteiger partial charge in [-0.2, -0.15) is 0 Å². The Hall–Kier alpha value is -2.56. The fraction of sp³-hybridized carbons (Fsp3) is 0.250. The Balaban J connectivity index is 2.21. The van der Waals surface area contributed by atoms with E-state index < -0.39 is 5.97 Å². The van der Waals surface area contributed by atoms with Gasteiger partial charge in [0.15, 0.2) is 5.76 Å². The van der Waals surface area contributed by atoms with Crippen LogP contribution in [0.4, 0.5) is 5.69 Å². The van der Waals surface area contributed by atoms with E-state index in [1.165, 1.54) is 0 Å². The molecule has 2 rings (SSSR count). The lowest BCUT2D eigenvalue weighted by atomic mass is 10.1. The van der Waals surface area contributed by atoms with E-state index in [0.717, 1.165) is 11.3 Å². The zero-order chi connectivity index (χ0) is 15.4. The van der Waals surface area contributed by atoms with E-state index >= 15 is 0 Å². The number of carbonyl (C=O) groups is 2. The average Bonchev–Trinajstić information content (AvgIpc) is 2.81. The minimum atomic E-state index is -0.946. The number of carbonyl (C=O) groups excluding carboxylic acids is 1. The average molecular weight is 287 g/mol. The van der Waals surface area contributed by atoms with Crippen molar-refractivity contribution in [2.45, 2.75) is 26.7 Å². The van der Waals surface area contributed by atoms with Crippen LogP contribution in [0.3, 0.4) is 0 Å². The highest BCUT2D eigenvalue weighted by atomic mass is 16.4. The summed E-state index contributed by atoms with van der Waals surface area (Å²) in [6.45, 7) is 3.84. The second-order valence-corrected chi connectivity index (χ2v) is 4.75. The molecule has 0 atom stereocenters. The molecule has 0 saturated heterocycles. The second kappa shape index (κ2) is 6.26. The molecule has 1 aromatic carbocycles. The van der Waals surface area contributed by atoms with Crippen LogP contribution < -0.4 is 5.32 Å². The number of furan rings is 1. The Labute approximate surface area is 122 Å². The molecule has 0 fully saturated rings. The maximum atomic E-state index is 12.2. The van der Waals surface area contributed by atoms with E-state index in [0.29, 0.717) is 17.7 Å². The lowest BCUT2D eigenvalue weighted by molar-refractivity contribution is -0.136. The molecule has 0 aliphatic rings. The summed E-state index contributed by atoms with van der Waals surface area (Å²) in [5.41, 5.74) is 1.97. The van der Waals surface area contributed by atoms with Crippen LogP contribution in [0, 0.1) is 6.92 Å². The molecule has 0 bridgehead atoms. The van der Waals surface area contributed by atoms with E-state index in [4.69, 9.17) is 9.52 Å². The van der Waals surface area contributed by atoms with E-state index in [9.17, 15) is 9.59 Å². The largest absolute Gasteiger partial charge is 0.481 e. The van der Waals surface area contributed by atoms with Crippen LogP contribution in [0.5, 0.6) is 0 Å². The van der Waals surface area contributed by atoms with Crippen molar-refractivity contribution in [2.24, 2.45) is 0 Å². The molecule has 110 valence electrons. The molecular formula is C16H17NO4. The summed E-state index contributed by atoms with van der Waals surface area (Å²) < 4.78 is 5.49. The van der Waals surface area contributed by atoms with Crippen molar-refractivity contribution in [1.29, 1.82) is 0 Å². The number of carboxylic acid groups (broad SMARTS) is 1. The molecule has 2 N–H and O–H groups in total. The molecule has 0 saturated carbocycles. The number of para-hydroxylation sites is 1. The molecule has 0 spiro atoms. The third-order valence-electron chi connectivity index (χ3n) is 3.17. The topological polar surface area (TPSA) is 79.5 Å². The maximum Gasteiger partial charge on any atom is 0.307 e. The summed E-state index contributed by atoms with van der Waals surface area (Å²) in [6.07, 6.45) is 0.572. The first-order valence-electron chi connectivity index (χ1n) is 6.71. The SMILES string of the molecule is CCc1oc(C(=O)Nc2ccccc2CC(=O)O)cc1C. The number of benzene rings is 1. The van der Waals surface area contributed by atoms with E-state index in [1.807, 2.05) is 13.8 Å². The smallest absolute Gasteiger partial charge is 0.307 e. The van der Waals surface area contributed by atoms with E-state index in [2.05, 4.69) is 5.32 Å². The standard InChI is InChI=1S/C16H17NO4/c1-3-13-10(2)8-14(21-13)16(20)17-12-7-5-4-6-11(12)9-15(18)19/h4-8H,3,9H2,1-2H3,(H,17,20)(H,18,19). The number of amides is 1. The minimum absolute atomic E-state index is 0.145. The molecule has 2 aromatic rings. The van der Waals surface area contributed by atoms with Crippen molar-refractivity contribution in [1.82, 2.24) is 0 Å². The zero-order valence-electron chi connectivity index (χ0n) is 12.0. The van der Waals surface area contributed by atoms with Gasteiger partial charge in [-0.15, -0.1) is 0 Å². The fourth-order valence-corrected chi connectivity index (χ4v) is 2.13. The van der Waals surface area contributed by atoms with Gasteiger partial charge in [-0.3, -0.25) is 9.59 Å². The van der Waals surface area contributed by atoms with E-state index in [-0.39, 0.29) is 18.1 Å². The molecule has 1 heterocycles. The highest BCUT2D eigenvalue weighted by Gasteiger charge is 2.15. The van der Waals surface area contributed by atoms with Gasteiger partial charge in [0.25, 0.3) is 5.91 Å². The van der Waals surface area contributed by atoms with Crippen molar-refractivity contribution >= 4 is 17.6 Å². The number of carboxylic acids is 1. The highest BCUT2D eigenvalue weighted by molar-refractivity contribution is 6.03. The summed E-state index contributed by atoms with van der Waals surface area (Å²) in [4.78, 5) is 23.0. The normalized spacial score (nSPS) is 10.4. The number of nitrogens with one attached hydrogen (secondary N) is 1. The van der Waals surface area contributed by atoms with E-state index in [1.54, 1.807) is 30.3 Å². The number of anilines is 1. The van der Waals surface area contributed by atoms with Crippen molar-refractivity contribution in [3.8, 4) is 0 Å². The highest BCUT2D eigenvalue weighted by Crippen LogP contribution is 2.19. The molecular weight excluding hydrogens is 270 g/mol. The monoisotopic (exact) mass is 287 g/mol. The predicted molar refractivity (Wildman–Crippen MR) is 78.6 cm³/mol. The lowest BCUT2D eigenvalue weighted by Crippen LogP contribution is -2.13. The van der Waals surface area contributed by atoms with Gasteiger partial charge < -0.3 is 14.8 Å². The number of aliphatic carboxylic acids is 1. The third kappa shape index (κ3) is 3.51.